The van der Waals surface area contributed by atoms with Gasteiger partial charge in [0.15, 0.2) is 0 Å². The summed E-state index contributed by atoms with van der Waals surface area (Å²) in [7, 11) is 0. The zero-order chi connectivity index (χ0) is 8.72. The molecular weight excluding hydrogens is 194 g/mol. The number of amides is 1. The van der Waals surface area contributed by atoms with Crippen molar-refractivity contribution >= 4 is 33.9 Å². The first-order valence-electron chi connectivity index (χ1n) is 3.52. The average molecular weight is 201 g/mol. The minimum absolute atomic E-state index is 0.0479. The van der Waals surface area contributed by atoms with Crippen molar-refractivity contribution in [3.05, 3.63) is 12.2 Å². The molecule has 0 N–H and O–H groups in total. The molecule has 2 heterocycles. The van der Waals surface area contributed by atoms with Crippen LogP contribution in [-0.4, -0.2) is 31.1 Å². The summed E-state index contributed by atoms with van der Waals surface area (Å²) < 4.78 is 10.6. The molecule has 2 fully saturated rings. The number of carbonyl (C=O) groups excluding carboxylic acids is 1. The molecule has 0 aliphatic carbocycles. The molecular formula is C7H7NO2S2. The third-order valence-corrected chi connectivity index (χ3v) is 3.88. The van der Waals surface area contributed by atoms with Gasteiger partial charge in [0.1, 0.15) is 16.2 Å². The zero-order valence-electron chi connectivity index (χ0n) is 6.28. The standard InChI is InChI=1S/C7H7NO2S2/c1-4-3-11-6-2-5(9)8(6)7(4)12-10/h6H,1-3H2/t6-/m1/s1. The summed E-state index contributed by atoms with van der Waals surface area (Å²) >= 11 is 2.06. The van der Waals surface area contributed by atoms with Crippen LogP contribution in [0.2, 0.25) is 0 Å². The Hall–Kier alpha value is -0.550. The predicted octanol–water partition coefficient (Wildman–Crippen LogP) is 0.191. The van der Waals surface area contributed by atoms with Gasteiger partial charge in [-0.15, -0.1) is 11.8 Å². The maximum absolute atomic E-state index is 11.1. The van der Waals surface area contributed by atoms with Crippen LogP contribution < -0.4 is 0 Å². The van der Waals surface area contributed by atoms with Crippen LogP contribution in [0.1, 0.15) is 6.42 Å². The van der Waals surface area contributed by atoms with Crippen LogP contribution in [0.25, 0.3) is 0 Å². The van der Waals surface area contributed by atoms with Crippen molar-refractivity contribution in [2.45, 2.75) is 11.8 Å². The molecule has 0 aromatic heterocycles. The molecule has 2 saturated heterocycles. The second kappa shape index (κ2) is 2.74. The predicted molar refractivity (Wildman–Crippen MR) is 50.0 cm³/mol. The molecule has 0 aromatic rings. The summed E-state index contributed by atoms with van der Waals surface area (Å²) in [6.45, 7) is 3.75. The van der Waals surface area contributed by atoms with Gasteiger partial charge in [-0.2, -0.15) is 0 Å². The van der Waals surface area contributed by atoms with E-state index in [0.717, 1.165) is 11.3 Å². The topological polar surface area (TPSA) is 37.4 Å². The van der Waals surface area contributed by atoms with Crippen molar-refractivity contribution in [2.24, 2.45) is 0 Å². The lowest BCUT2D eigenvalue weighted by atomic mass is 10.1. The minimum atomic E-state index is 0.0479. The highest BCUT2D eigenvalue weighted by Gasteiger charge is 2.43. The van der Waals surface area contributed by atoms with Gasteiger partial charge < -0.3 is 0 Å². The summed E-state index contributed by atoms with van der Waals surface area (Å²) in [5.74, 6) is 0.825. The number of carbonyl (C=O) groups is 1. The van der Waals surface area contributed by atoms with Crippen molar-refractivity contribution in [3.63, 3.8) is 0 Å². The highest BCUT2D eigenvalue weighted by atomic mass is 32.2. The molecule has 2 aliphatic heterocycles. The van der Waals surface area contributed by atoms with Crippen molar-refractivity contribution in [1.82, 2.24) is 4.90 Å². The van der Waals surface area contributed by atoms with Gasteiger partial charge in [0, 0.05) is 5.75 Å². The maximum atomic E-state index is 11.1. The molecule has 64 valence electrons. The maximum Gasteiger partial charge on any atom is 0.231 e. The lowest BCUT2D eigenvalue weighted by Gasteiger charge is -2.43. The number of thioether (sulfide) groups is 1. The number of nitrogens with zero attached hydrogens (tertiary/aromatic N) is 1. The average Bonchev–Trinajstić information content (AvgIpc) is 2.06. The van der Waals surface area contributed by atoms with E-state index in [2.05, 4.69) is 6.58 Å². The van der Waals surface area contributed by atoms with Crippen molar-refractivity contribution in [3.8, 4) is 0 Å². The summed E-state index contributed by atoms with van der Waals surface area (Å²) in [4.78, 5) is 13.2. The molecule has 0 aromatic carbocycles. The largest absolute Gasteiger partial charge is 0.288 e. The molecule has 0 saturated carbocycles. The van der Waals surface area contributed by atoms with Crippen LogP contribution in [-0.2, 0) is 16.1 Å². The Kier molecular flexibility index (Phi) is 1.84. The van der Waals surface area contributed by atoms with Gasteiger partial charge in [-0.05, 0) is 5.57 Å². The second-order valence-corrected chi connectivity index (χ2v) is 4.45. The monoisotopic (exact) mass is 201 g/mol. The van der Waals surface area contributed by atoms with Crippen LogP contribution in [0.15, 0.2) is 12.2 Å². The van der Waals surface area contributed by atoms with Gasteiger partial charge in [0.05, 0.1) is 11.8 Å². The number of hydrogen-bond acceptors (Lipinski definition) is 3. The third kappa shape index (κ3) is 0.964. The highest BCUT2D eigenvalue weighted by Crippen LogP contribution is 2.36. The molecule has 12 heavy (non-hydrogen) atoms. The van der Waals surface area contributed by atoms with Crippen molar-refractivity contribution in [2.75, 3.05) is 5.75 Å². The fourth-order valence-electron chi connectivity index (χ4n) is 1.29. The van der Waals surface area contributed by atoms with Crippen LogP contribution in [0.3, 0.4) is 0 Å². The summed E-state index contributed by atoms with van der Waals surface area (Å²) in [6.07, 6.45) is 0.571. The van der Waals surface area contributed by atoms with Gasteiger partial charge in [-0.25, -0.2) is 4.21 Å². The molecule has 0 spiro atoms. The summed E-state index contributed by atoms with van der Waals surface area (Å²) in [5, 5.41) is 0.208. The SMILES string of the molecule is C=C1CS[C@@H]2CC(=O)N2C1=S=O. The van der Waals surface area contributed by atoms with Gasteiger partial charge in [-0.3, -0.25) is 9.69 Å². The zero-order valence-corrected chi connectivity index (χ0v) is 7.91. The van der Waals surface area contributed by atoms with Crippen LogP contribution in [0.4, 0.5) is 0 Å². The van der Waals surface area contributed by atoms with Crippen LogP contribution in [0, 0.1) is 0 Å². The van der Waals surface area contributed by atoms with Crippen molar-refractivity contribution < 1.29 is 9.00 Å². The molecule has 1 amide bonds. The van der Waals surface area contributed by atoms with E-state index in [9.17, 15) is 9.00 Å². The lowest BCUT2D eigenvalue weighted by Crippen LogP contribution is -2.57. The van der Waals surface area contributed by atoms with Crippen LogP contribution in [0.5, 0.6) is 0 Å². The van der Waals surface area contributed by atoms with E-state index in [0.29, 0.717) is 22.7 Å². The Morgan fingerprint density at radius 3 is 2.92 bits per heavy atom. The first kappa shape index (κ1) is 8.07. The Morgan fingerprint density at radius 1 is 1.67 bits per heavy atom. The molecule has 0 radical (unpaired) electrons. The smallest absolute Gasteiger partial charge is 0.231 e. The second-order valence-electron chi connectivity index (χ2n) is 2.73. The molecule has 1 atom stereocenters. The molecule has 0 unspecified atom stereocenters. The quantitative estimate of drug-likeness (QED) is 0.319. The Balaban J connectivity index is 2.34. The van der Waals surface area contributed by atoms with Gasteiger partial charge in [0.25, 0.3) is 0 Å². The number of fused-ring (bicyclic) bond motifs is 1. The van der Waals surface area contributed by atoms with E-state index >= 15 is 0 Å². The summed E-state index contributed by atoms with van der Waals surface area (Å²) in [5.41, 5.74) is 0.782. The van der Waals surface area contributed by atoms with Gasteiger partial charge >= 0.3 is 0 Å². The highest BCUT2D eigenvalue weighted by molar-refractivity contribution is 8.00. The summed E-state index contributed by atoms with van der Waals surface area (Å²) in [6, 6.07) is 0. The number of β-lactam (4-membered cyclic amide) rings is 1. The third-order valence-electron chi connectivity index (χ3n) is 1.96. The fraction of sp³-hybridized carbons (Fsp3) is 0.429. The molecule has 5 heteroatoms. The van der Waals surface area contributed by atoms with E-state index in [4.69, 9.17) is 0 Å². The van der Waals surface area contributed by atoms with Crippen LogP contribution >= 0.6 is 11.8 Å². The molecule has 2 rings (SSSR count). The van der Waals surface area contributed by atoms with E-state index < -0.39 is 0 Å². The molecule has 2 aliphatic rings. The van der Waals surface area contributed by atoms with E-state index in [1.54, 1.807) is 16.7 Å². The number of hydrogen-bond donors (Lipinski definition) is 0. The Labute approximate surface area is 77.9 Å². The van der Waals surface area contributed by atoms with Crippen molar-refractivity contribution in [1.29, 1.82) is 0 Å². The van der Waals surface area contributed by atoms with E-state index in [1.807, 2.05) is 0 Å². The van der Waals surface area contributed by atoms with E-state index in [-0.39, 0.29) is 11.3 Å². The minimum Gasteiger partial charge on any atom is -0.288 e. The Bertz CT molecular complexity index is 319. The number of rotatable bonds is 0. The van der Waals surface area contributed by atoms with E-state index in [1.165, 1.54) is 0 Å². The fourth-order valence-corrected chi connectivity index (χ4v) is 3.11. The molecule has 3 nitrogen and oxygen atoms in total. The normalized spacial score (nSPS) is 28.2. The molecule has 0 bridgehead atoms. The lowest BCUT2D eigenvalue weighted by molar-refractivity contribution is -0.135. The first-order chi connectivity index (χ1) is 5.74. The van der Waals surface area contributed by atoms with Gasteiger partial charge in [-0.1, -0.05) is 6.58 Å². The van der Waals surface area contributed by atoms with Gasteiger partial charge in [0.2, 0.25) is 5.91 Å². The Morgan fingerprint density at radius 2 is 2.42 bits per heavy atom. The first-order valence-corrected chi connectivity index (χ1v) is 5.31.